The van der Waals surface area contributed by atoms with Crippen molar-refractivity contribution in [1.29, 1.82) is 0 Å². The molecule has 1 aromatic heterocycles. The Morgan fingerprint density at radius 2 is 1.08 bits per heavy atom. The molecule has 0 saturated heterocycles. The van der Waals surface area contributed by atoms with E-state index in [1.807, 2.05) is 0 Å². The number of amides is 6. The van der Waals surface area contributed by atoms with E-state index in [4.69, 9.17) is 9.26 Å². The van der Waals surface area contributed by atoms with Gasteiger partial charge in [0.2, 0.25) is 0 Å². The Kier molecular flexibility index (Phi) is 13.9. The summed E-state index contributed by atoms with van der Waals surface area (Å²) in [4.78, 5) is 52.7. The number of urea groups is 2. The highest BCUT2D eigenvalue weighted by molar-refractivity contribution is 7.90. The summed E-state index contributed by atoms with van der Waals surface area (Å²) in [7, 11) is -6.98. The van der Waals surface area contributed by atoms with Gasteiger partial charge in [-0.25, -0.2) is 35.9 Å². The molecule has 0 aliphatic heterocycles. The SMILES string of the molecule is COc1ccccc1C(=O)NCCc1ccc(S(=O)(=O)NC(=O)Nc2c3c(cc4c2CC(C2Cc5cc6c(c(NC(=O)NS(=O)(=O)c7ccc(CCNC(=O)c8cnoc8C8CC8)cc7)c5C2)CCC6)C4)CCC3)cc1. The molecule has 0 bridgehead atoms. The van der Waals surface area contributed by atoms with Crippen molar-refractivity contribution >= 4 is 55.3 Å². The zero-order valence-corrected chi connectivity index (χ0v) is 43.7. The van der Waals surface area contributed by atoms with E-state index < -0.39 is 32.1 Å². The molecule has 5 aliphatic carbocycles. The number of hydrogen-bond donors (Lipinski definition) is 6. The summed E-state index contributed by atoms with van der Waals surface area (Å²) in [6.45, 7) is 0.641. The van der Waals surface area contributed by atoms with Crippen molar-refractivity contribution in [2.24, 2.45) is 11.8 Å². The molecule has 0 spiro atoms. The predicted octanol–water partition coefficient (Wildman–Crippen LogP) is 7.63. The maximum Gasteiger partial charge on any atom is 0.333 e. The van der Waals surface area contributed by atoms with E-state index in [1.165, 1.54) is 37.6 Å². The van der Waals surface area contributed by atoms with Crippen LogP contribution in [0.4, 0.5) is 21.0 Å². The third kappa shape index (κ3) is 10.5. The Morgan fingerprint density at radius 3 is 1.57 bits per heavy atom. The molecule has 394 valence electrons. The first-order valence-electron chi connectivity index (χ1n) is 26.0. The van der Waals surface area contributed by atoms with Gasteiger partial charge in [0.25, 0.3) is 31.9 Å². The van der Waals surface area contributed by atoms with E-state index in [-0.39, 0.29) is 39.4 Å². The lowest BCUT2D eigenvalue weighted by molar-refractivity contribution is 0.0943. The molecule has 5 aromatic carbocycles. The van der Waals surface area contributed by atoms with Gasteiger partial charge in [0.1, 0.15) is 11.3 Å². The fourth-order valence-corrected chi connectivity index (χ4v) is 13.6. The first-order valence-corrected chi connectivity index (χ1v) is 29.0. The number of carbonyl (C=O) groups is 4. The first kappa shape index (κ1) is 50.6. The molecule has 6 amide bonds. The number of nitrogens with zero attached hydrogens (tertiary/aromatic N) is 1. The van der Waals surface area contributed by atoms with Gasteiger partial charge in [0.05, 0.1) is 28.7 Å². The first-order chi connectivity index (χ1) is 36.7. The number of aryl methyl sites for hydroxylation is 2. The van der Waals surface area contributed by atoms with E-state index in [2.05, 4.69) is 48.0 Å². The van der Waals surface area contributed by atoms with Crippen LogP contribution in [0.2, 0.25) is 0 Å². The minimum Gasteiger partial charge on any atom is -0.496 e. The average Bonchev–Trinajstić information content (AvgIpc) is 4.00. The highest BCUT2D eigenvalue weighted by Gasteiger charge is 2.39. The summed E-state index contributed by atoms with van der Waals surface area (Å²) in [6, 6.07) is 22.2. The number of rotatable bonds is 17. The molecular weight excluding hydrogens is 1010 g/mol. The van der Waals surface area contributed by atoms with E-state index in [1.54, 1.807) is 48.5 Å². The molecule has 1 fully saturated rings. The van der Waals surface area contributed by atoms with Gasteiger partial charge in [-0.2, -0.15) is 0 Å². The van der Waals surface area contributed by atoms with Crippen LogP contribution in [0.1, 0.15) is 114 Å². The Hall–Kier alpha value is -7.51. The number of para-hydroxylation sites is 1. The van der Waals surface area contributed by atoms with Crippen molar-refractivity contribution in [3.63, 3.8) is 0 Å². The van der Waals surface area contributed by atoms with Crippen molar-refractivity contribution in [3.8, 4) is 5.75 Å². The van der Waals surface area contributed by atoms with E-state index >= 15 is 0 Å². The number of hydrogen-bond acceptors (Lipinski definition) is 11. The van der Waals surface area contributed by atoms with Gasteiger partial charge in [0, 0.05) is 30.4 Å². The topological polar surface area (TPSA) is 244 Å². The van der Waals surface area contributed by atoms with Gasteiger partial charge in [-0.1, -0.05) is 53.7 Å². The largest absolute Gasteiger partial charge is 0.496 e. The molecule has 2 atom stereocenters. The van der Waals surface area contributed by atoms with Crippen LogP contribution in [0.15, 0.2) is 105 Å². The Balaban J connectivity index is 0.709. The van der Waals surface area contributed by atoms with E-state index in [0.29, 0.717) is 72.8 Å². The second-order valence-corrected chi connectivity index (χ2v) is 24.0. The van der Waals surface area contributed by atoms with Gasteiger partial charge < -0.3 is 30.5 Å². The van der Waals surface area contributed by atoms with Crippen LogP contribution in [0.5, 0.6) is 5.75 Å². The van der Waals surface area contributed by atoms with Gasteiger partial charge in [-0.05, 0) is 194 Å². The molecule has 1 heterocycles. The predicted molar refractivity (Wildman–Crippen MR) is 284 cm³/mol. The van der Waals surface area contributed by atoms with Crippen molar-refractivity contribution < 1.29 is 45.3 Å². The lowest BCUT2D eigenvalue weighted by Crippen LogP contribution is -2.35. The minimum atomic E-state index is -4.24. The Morgan fingerprint density at radius 1 is 0.592 bits per heavy atom. The Bertz CT molecular complexity index is 3520. The molecule has 0 radical (unpaired) electrons. The second-order valence-electron chi connectivity index (χ2n) is 20.6. The molecule has 17 nitrogen and oxygen atoms in total. The van der Waals surface area contributed by atoms with E-state index in [0.717, 1.165) is 120 Å². The van der Waals surface area contributed by atoms with Crippen LogP contribution >= 0.6 is 0 Å². The zero-order valence-electron chi connectivity index (χ0n) is 42.1. The lowest BCUT2D eigenvalue weighted by Gasteiger charge is -2.19. The molecule has 6 aromatic rings. The van der Waals surface area contributed by atoms with Gasteiger partial charge in [-0.3, -0.25) is 9.59 Å². The van der Waals surface area contributed by atoms with Crippen molar-refractivity contribution in [1.82, 2.24) is 25.2 Å². The smallest absolute Gasteiger partial charge is 0.333 e. The van der Waals surface area contributed by atoms with Crippen LogP contribution in [0.25, 0.3) is 0 Å². The van der Waals surface area contributed by atoms with Gasteiger partial charge in [0.15, 0.2) is 5.76 Å². The molecule has 1 saturated carbocycles. The molecule has 6 N–H and O–H groups in total. The number of carbonyl (C=O) groups excluding carboxylic acids is 4. The number of sulfonamides is 2. The second kappa shape index (κ2) is 20.9. The molecule has 19 heteroatoms. The number of methoxy groups -OCH3 is 1. The quantitative estimate of drug-likeness (QED) is 0.0519. The van der Waals surface area contributed by atoms with Gasteiger partial charge in [-0.15, -0.1) is 0 Å². The molecule has 5 aliphatic rings. The van der Waals surface area contributed by atoms with Crippen LogP contribution in [-0.4, -0.2) is 66.1 Å². The fraction of sp³-hybridized carbons (Fsp3) is 0.351. The third-order valence-corrected chi connectivity index (χ3v) is 18.4. The number of ether oxygens (including phenoxy) is 1. The standard InChI is InChI=1S/C57H59N7O10S2/c1-73-50-11-3-2-8-46(50)54(65)58-24-22-33-12-18-42(19-13-33)75(69,70)63-56(67)61-51-44-9-4-6-36(44)26-40-28-38(30-47(40)51)39-29-41-27-37-7-5-10-45(37)52(48(41)31-39)62-57(68)64-76(71,72)43-20-14-34(15-21-43)23-25-59-55(66)49-32-60-74-53(49)35-16-17-35/h2-3,8,11-15,18-21,26-27,32,35,38-39H,4-7,9-10,16-17,22-25,28-31H2,1H3,(H,58,65)(H,59,66)(H2,61,63,67)(H2,62,64,68). The fourth-order valence-electron chi connectivity index (χ4n) is 11.8. The lowest BCUT2D eigenvalue weighted by atomic mass is 9.87. The molecular formula is C57H59N7O10S2. The summed E-state index contributed by atoms with van der Waals surface area (Å²) in [5, 5.41) is 15.5. The number of nitrogens with one attached hydrogen (secondary N) is 6. The summed E-state index contributed by atoms with van der Waals surface area (Å²) < 4.78 is 69.3. The number of benzene rings is 5. The van der Waals surface area contributed by atoms with Crippen LogP contribution in [0.3, 0.4) is 0 Å². The van der Waals surface area contributed by atoms with Crippen molar-refractivity contribution in [3.05, 3.63) is 164 Å². The molecule has 2 unspecified atom stereocenters. The highest BCUT2D eigenvalue weighted by atomic mass is 32.2. The summed E-state index contributed by atoms with van der Waals surface area (Å²) in [5.74, 6) is 1.19. The third-order valence-electron chi connectivity index (χ3n) is 15.7. The highest BCUT2D eigenvalue weighted by Crippen LogP contribution is 2.48. The van der Waals surface area contributed by atoms with Crippen molar-refractivity contribution in [2.45, 2.75) is 106 Å². The monoisotopic (exact) mass is 1070 g/mol. The molecule has 76 heavy (non-hydrogen) atoms. The number of fused-ring (bicyclic) bond motifs is 4. The normalized spacial score (nSPS) is 17.2. The zero-order chi connectivity index (χ0) is 52.7. The van der Waals surface area contributed by atoms with E-state index in [9.17, 15) is 36.0 Å². The maximum absolute atomic E-state index is 13.7. The maximum atomic E-state index is 13.7. The van der Waals surface area contributed by atoms with Gasteiger partial charge >= 0.3 is 12.1 Å². The Labute approximate surface area is 441 Å². The summed E-state index contributed by atoms with van der Waals surface area (Å²) in [6.07, 6.45) is 12.4. The minimum absolute atomic E-state index is 0.0647. The molecule has 11 rings (SSSR count). The summed E-state index contributed by atoms with van der Waals surface area (Å²) in [5.41, 5.74) is 12.6. The number of aromatic nitrogens is 1. The number of anilines is 2. The average molecular weight is 1070 g/mol. The summed E-state index contributed by atoms with van der Waals surface area (Å²) >= 11 is 0. The van der Waals surface area contributed by atoms with Crippen LogP contribution < -0.4 is 35.4 Å². The van der Waals surface area contributed by atoms with Crippen LogP contribution in [-0.2, 0) is 84.3 Å². The van der Waals surface area contributed by atoms with Crippen LogP contribution in [0, 0.1) is 11.8 Å². The van der Waals surface area contributed by atoms with Crippen molar-refractivity contribution in [2.75, 3.05) is 30.8 Å².